The van der Waals surface area contributed by atoms with Crippen LogP contribution in [0.5, 0.6) is 0 Å². The fraction of sp³-hybridized carbons (Fsp3) is 0.727. The SMILES string of the molecule is CCNC(C)(CCCn1cncn1)C(=O)OC. The number of carbonyl (C=O) groups excluding carboxylic acids is 1. The van der Waals surface area contributed by atoms with E-state index in [-0.39, 0.29) is 5.97 Å². The zero-order valence-corrected chi connectivity index (χ0v) is 10.6. The van der Waals surface area contributed by atoms with Crippen molar-refractivity contribution in [3.8, 4) is 0 Å². The molecule has 0 fully saturated rings. The number of rotatable bonds is 7. The molecule has 6 nitrogen and oxygen atoms in total. The van der Waals surface area contributed by atoms with Crippen molar-refractivity contribution in [1.29, 1.82) is 0 Å². The average Bonchev–Trinajstić information content (AvgIpc) is 2.81. The van der Waals surface area contributed by atoms with E-state index in [0.29, 0.717) is 6.42 Å². The molecule has 1 N–H and O–H groups in total. The second-order valence-electron chi connectivity index (χ2n) is 4.12. The Balaban J connectivity index is 2.46. The molecule has 0 aliphatic carbocycles. The van der Waals surface area contributed by atoms with E-state index < -0.39 is 5.54 Å². The molecule has 0 saturated carbocycles. The monoisotopic (exact) mass is 240 g/mol. The van der Waals surface area contributed by atoms with E-state index in [0.717, 1.165) is 19.5 Å². The van der Waals surface area contributed by atoms with E-state index in [4.69, 9.17) is 4.74 Å². The lowest BCUT2D eigenvalue weighted by Gasteiger charge is -2.27. The summed E-state index contributed by atoms with van der Waals surface area (Å²) in [5.74, 6) is -0.224. The molecule has 0 amide bonds. The Morgan fingerprint density at radius 1 is 1.59 bits per heavy atom. The third-order valence-corrected chi connectivity index (χ3v) is 2.73. The zero-order chi connectivity index (χ0) is 12.7. The topological polar surface area (TPSA) is 69.0 Å². The molecule has 1 rings (SSSR count). The highest BCUT2D eigenvalue weighted by Gasteiger charge is 2.32. The molecule has 0 radical (unpaired) electrons. The molecule has 1 atom stereocenters. The van der Waals surface area contributed by atoms with Gasteiger partial charge in [0.15, 0.2) is 0 Å². The number of hydrogen-bond donors (Lipinski definition) is 1. The van der Waals surface area contributed by atoms with Gasteiger partial charge < -0.3 is 10.1 Å². The van der Waals surface area contributed by atoms with Gasteiger partial charge in [0.25, 0.3) is 0 Å². The van der Waals surface area contributed by atoms with E-state index in [9.17, 15) is 4.79 Å². The summed E-state index contributed by atoms with van der Waals surface area (Å²) in [5, 5.41) is 7.19. The second-order valence-corrected chi connectivity index (χ2v) is 4.12. The Kier molecular flexibility index (Phi) is 5.09. The number of aryl methyl sites for hydroxylation is 1. The summed E-state index contributed by atoms with van der Waals surface area (Å²) < 4.78 is 6.57. The Labute approximate surface area is 101 Å². The number of esters is 1. The Bertz CT molecular complexity index is 339. The summed E-state index contributed by atoms with van der Waals surface area (Å²) in [6.07, 6.45) is 4.71. The largest absolute Gasteiger partial charge is 0.468 e. The van der Waals surface area contributed by atoms with Gasteiger partial charge in [-0.15, -0.1) is 0 Å². The molecule has 17 heavy (non-hydrogen) atoms. The zero-order valence-electron chi connectivity index (χ0n) is 10.6. The summed E-state index contributed by atoms with van der Waals surface area (Å²) in [4.78, 5) is 15.6. The van der Waals surface area contributed by atoms with Crippen molar-refractivity contribution >= 4 is 5.97 Å². The number of aromatic nitrogens is 3. The predicted molar refractivity (Wildman–Crippen MR) is 63.4 cm³/mol. The first-order chi connectivity index (χ1) is 8.12. The molecule has 0 aromatic carbocycles. The highest BCUT2D eigenvalue weighted by Crippen LogP contribution is 2.14. The number of hydrogen-bond acceptors (Lipinski definition) is 5. The van der Waals surface area contributed by atoms with Crippen LogP contribution in [0.3, 0.4) is 0 Å². The number of nitrogens with zero attached hydrogens (tertiary/aromatic N) is 3. The lowest BCUT2D eigenvalue weighted by molar-refractivity contribution is -0.148. The minimum Gasteiger partial charge on any atom is -0.468 e. The molecule has 0 saturated heterocycles. The first kappa shape index (κ1) is 13.6. The highest BCUT2D eigenvalue weighted by molar-refractivity contribution is 5.80. The molecule has 1 heterocycles. The van der Waals surface area contributed by atoms with Crippen LogP contribution >= 0.6 is 0 Å². The molecular weight excluding hydrogens is 220 g/mol. The fourth-order valence-corrected chi connectivity index (χ4v) is 1.82. The normalized spacial score (nSPS) is 14.3. The van der Waals surface area contributed by atoms with Crippen LogP contribution in [0.15, 0.2) is 12.7 Å². The van der Waals surface area contributed by atoms with Gasteiger partial charge in [-0.05, 0) is 26.3 Å². The summed E-state index contributed by atoms with van der Waals surface area (Å²) in [6.45, 7) is 5.31. The minimum atomic E-state index is -0.621. The number of ether oxygens (including phenoxy) is 1. The first-order valence-electron chi connectivity index (χ1n) is 5.78. The average molecular weight is 240 g/mol. The van der Waals surface area contributed by atoms with Crippen molar-refractivity contribution in [3.63, 3.8) is 0 Å². The van der Waals surface area contributed by atoms with E-state index in [1.165, 1.54) is 13.4 Å². The van der Waals surface area contributed by atoms with Gasteiger partial charge in [-0.1, -0.05) is 6.92 Å². The molecule has 6 heteroatoms. The number of methoxy groups -OCH3 is 1. The molecule has 0 spiro atoms. The van der Waals surface area contributed by atoms with Crippen LogP contribution in [-0.2, 0) is 16.1 Å². The smallest absolute Gasteiger partial charge is 0.325 e. The van der Waals surface area contributed by atoms with E-state index in [2.05, 4.69) is 15.4 Å². The number of nitrogens with one attached hydrogen (secondary N) is 1. The second kappa shape index (κ2) is 6.34. The molecule has 1 unspecified atom stereocenters. The highest BCUT2D eigenvalue weighted by atomic mass is 16.5. The molecule has 1 aromatic heterocycles. The predicted octanol–water partition coefficient (Wildman–Crippen LogP) is 0.599. The van der Waals surface area contributed by atoms with Crippen molar-refractivity contribution in [2.24, 2.45) is 0 Å². The van der Waals surface area contributed by atoms with Gasteiger partial charge in [-0.3, -0.25) is 9.48 Å². The van der Waals surface area contributed by atoms with Crippen molar-refractivity contribution in [3.05, 3.63) is 12.7 Å². The lowest BCUT2D eigenvalue weighted by Crippen LogP contribution is -2.50. The quantitative estimate of drug-likeness (QED) is 0.707. The van der Waals surface area contributed by atoms with E-state index in [1.54, 1.807) is 11.0 Å². The third kappa shape index (κ3) is 3.81. The van der Waals surface area contributed by atoms with Gasteiger partial charge in [0.2, 0.25) is 0 Å². The summed E-state index contributed by atoms with van der Waals surface area (Å²) in [5.41, 5.74) is -0.621. The molecular formula is C11H20N4O2. The maximum atomic E-state index is 11.7. The Morgan fingerprint density at radius 3 is 2.88 bits per heavy atom. The van der Waals surface area contributed by atoms with Crippen LogP contribution in [0.25, 0.3) is 0 Å². The van der Waals surface area contributed by atoms with Crippen molar-refractivity contribution in [2.45, 2.75) is 38.8 Å². The molecule has 96 valence electrons. The van der Waals surface area contributed by atoms with Gasteiger partial charge in [0, 0.05) is 6.54 Å². The van der Waals surface area contributed by atoms with Gasteiger partial charge in [-0.25, -0.2) is 4.98 Å². The van der Waals surface area contributed by atoms with Crippen LogP contribution in [0, 0.1) is 0 Å². The van der Waals surface area contributed by atoms with Crippen molar-refractivity contribution in [2.75, 3.05) is 13.7 Å². The van der Waals surface area contributed by atoms with Gasteiger partial charge in [-0.2, -0.15) is 5.10 Å². The maximum absolute atomic E-state index is 11.7. The molecule has 1 aromatic rings. The maximum Gasteiger partial charge on any atom is 0.325 e. The van der Waals surface area contributed by atoms with Gasteiger partial charge >= 0.3 is 5.97 Å². The summed E-state index contributed by atoms with van der Waals surface area (Å²) in [7, 11) is 1.41. The Morgan fingerprint density at radius 2 is 2.35 bits per heavy atom. The summed E-state index contributed by atoms with van der Waals surface area (Å²) in [6, 6.07) is 0. The Hall–Kier alpha value is -1.43. The molecule has 0 aliphatic rings. The van der Waals surface area contributed by atoms with Gasteiger partial charge in [0.1, 0.15) is 18.2 Å². The molecule has 0 bridgehead atoms. The van der Waals surface area contributed by atoms with Crippen LogP contribution in [0.2, 0.25) is 0 Å². The van der Waals surface area contributed by atoms with Crippen LogP contribution in [-0.4, -0.2) is 39.9 Å². The van der Waals surface area contributed by atoms with Gasteiger partial charge in [0.05, 0.1) is 7.11 Å². The van der Waals surface area contributed by atoms with E-state index >= 15 is 0 Å². The van der Waals surface area contributed by atoms with Crippen LogP contribution in [0.4, 0.5) is 0 Å². The first-order valence-corrected chi connectivity index (χ1v) is 5.78. The standard InChI is InChI=1S/C11H20N4O2/c1-4-13-11(2,10(16)17-3)6-5-7-15-9-12-8-14-15/h8-9,13H,4-7H2,1-3H3. The lowest BCUT2D eigenvalue weighted by atomic mass is 9.96. The van der Waals surface area contributed by atoms with E-state index in [1.807, 2.05) is 13.8 Å². The minimum absolute atomic E-state index is 0.224. The third-order valence-electron chi connectivity index (χ3n) is 2.73. The fourth-order valence-electron chi connectivity index (χ4n) is 1.82. The number of likely N-dealkylation sites (N-methyl/N-ethyl adjacent to an activating group) is 1. The van der Waals surface area contributed by atoms with Crippen LogP contribution < -0.4 is 5.32 Å². The van der Waals surface area contributed by atoms with Crippen molar-refractivity contribution in [1.82, 2.24) is 20.1 Å². The van der Waals surface area contributed by atoms with Crippen LogP contribution in [0.1, 0.15) is 26.7 Å². The number of carbonyl (C=O) groups is 1. The summed E-state index contributed by atoms with van der Waals surface area (Å²) >= 11 is 0. The molecule has 0 aliphatic heterocycles. The van der Waals surface area contributed by atoms with Crippen molar-refractivity contribution < 1.29 is 9.53 Å².